The van der Waals surface area contributed by atoms with Crippen LogP contribution in [0.2, 0.25) is 0 Å². The minimum absolute atomic E-state index is 0.419. The molecule has 0 saturated heterocycles. The molecule has 1 heterocycles. The molecule has 0 amide bonds. The summed E-state index contributed by atoms with van der Waals surface area (Å²) in [4.78, 5) is 4.50. The fourth-order valence-corrected chi connectivity index (χ4v) is 2.16. The molecule has 1 aliphatic rings. The fraction of sp³-hybridized carbons (Fsp3) is 0.583. The maximum Gasteiger partial charge on any atom is 0.126 e. The summed E-state index contributed by atoms with van der Waals surface area (Å²) in [5.74, 6) is 0.994. The summed E-state index contributed by atoms with van der Waals surface area (Å²) in [6.07, 6.45) is 2.56. The lowest BCUT2D eigenvalue weighted by Crippen LogP contribution is -2.45. The Morgan fingerprint density at radius 1 is 1.47 bits per heavy atom. The third-order valence-electron chi connectivity index (χ3n) is 3.36. The van der Waals surface area contributed by atoms with Gasteiger partial charge >= 0.3 is 0 Å². The highest BCUT2D eigenvalue weighted by molar-refractivity contribution is 9.10. The van der Waals surface area contributed by atoms with E-state index in [1.165, 1.54) is 12.8 Å². The lowest BCUT2D eigenvalue weighted by molar-refractivity contribution is 0.159. The average molecular weight is 269 g/mol. The van der Waals surface area contributed by atoms with Gasteiger partial charge in [-0.1, -0.05) is 13.8 Å². The van der Waals surface area contributed by atoms with Gasteiger partial charge in [0.1, 0.15) is 5.82 Å². The minimum Gasteiger partial charge on any atom is -0.367 e. The van der Waals surface area contributed by atoms with Crippen LogP contribution in [0.4, 0.5) is 5.82 Å². The van der Waals surface area contributed by atoms with E-state index in [2.05, 4.69) is 46.1 Å². The van der Waals surface area contributed by atoms with Crippen LogP contribution >= 0.6 is 15.9 Å². The maximum atomic E-state index is 4.50. The Labute approximate surface area is 99.6 Å². The zero-order valence-corrected chi connectivity index (χ0v) is 11.1. The summed E-state index contributed by atoms with van der Waals surface area (Å²) >= 11 is 3.46. The highest BCUT2D eigenvalue weighted by atomic mass is 79.9. The van der Waals surface area contributed by atoms with Crippen LogP contribution in [0.25, 0.3) is 0 Å². The molecule has 0 radical (unpaired) electrons. The van der Waals surface area contributed by atoms with Gasteiger partial charge in [-0.05, 0) is 53.2 Å². The Hall–Kier alpha value is -0.570. The molecule has 1 saturated carbocycles. The van der Waals surface area contributed by atoms with Crippen LogP contribution in [-0.4, -0.2) is 11.0 Å². The first kappa shape index (κ1) is 10.9. The normalized spacial score (nSPS) is 23.3. The van der Waals surface area contributed by atoms with Crippen molar-refractivity contribution < 1.29 is 0 Å². The topological polar surface area (TPSA) is 24.9 Å². The monoisotopic (exact) mass is 268 g/mol. The third kappa shape index (κ3) is 2.17. The Balaban J connectivity index is 2.08. The van der Waals surface area contributed by atoms with Gasteiger partial charge < -0.3 is 5.32 Å². The summed E-state index contributed by atoms with van der Waals surface area (Å²) in [6, 6.07) is 4.66. The number of rotatable bonds is 2. The van der Waals surface area contributed by atoms with Crippen LogP contribution in [-0.2, 0) is 0 Å². The van der Waals surface area contributed by atoms with Crippen molar-refractivity contribution in [1.29, 1.82) is 0 Å². The molecule has 0 bridgehead atoms. The molecule has 2 nitrogen and oxygen atoms in total. The van der Waals surface area contributed by atoms with E-state index < -0.39 is 0 Å². The summed E-state index contributed by atoms with van der Waals surface area (Å²) < 4.78 is 1.07. The number of hydrogen-bond donors (Lipinski definition) is 1. The van der Waals surface area contributed by atoms with E-state index in [1.54, 1.807) is 0 Å². The first-order chi connectivity index (χ1) is 6.99. The van der Waals surface area contributed by atoms with Crippen LogP contribution < -0.4 is 5.32 Å². The van der Waals surface area contributed by atoms with Crippen molar-refractivity contribution >= 4 is 21.7 Å². The molecule has 3 heteroatoms. The number of aromatic nitrogens is 1. The van der Waals surface area contributed by atoms with E-state index in [4.69, 9.17) is 0 Å². The molecule has 15 heavy (non-hydrogen) atoms. The second-order valence-electron chi connectivity index (χ2n) is 4.99. The fourth-order valence-electron chi connectivity index (χ4n) is 1.94. The molecular weight excluding hydrogens is 252 g/mol. The quantitative estimate of drug-likeness (QED) is 0.884. The highest BCUT2D eigenvalue weighted by Gasteiger charge is 2.38. The van der Waals surface area contributed by atoms with Crippen LogP contribution in [0, 0.1) is 12.3 Å². The molecule has 82 valence electrons. The van der Waals surface area contributed by atoms with Gasteiger partial charge in [0.15, 0.2) is 0 Å². The summed E-state index contributed by atoms with van der Waals surface area (Å²) in [5, 5.41) is 3.50. The Morgan fingerprint density at radius 3 is 2.67 bits per heavy atom. The lowest BCUT2D eigenvalue weighted by Gasteiger charge is -2.45. The van der Waals surface area contributed by atoms with Crippen molar-refractivity contribution in [3.8, 4) is 0 Å². The van der Waals surface area contributed by atoms with E-state index in [0.29, 0.717) is 11.5 Å². The van der Waals surface area contributed by atoms with E-state index in [-0.39, 0.29) is 0 Å². The van der Waals surface area contributed by atoms with Gasteiger partial charge in [-0.3, -0.25) is 0 Å². The summed E-state index contributed by atoms with van der Waals surface area (Å²) in [6.45, 7) is 6.63. The predicted octanol–water partition coefficient (Wildman–Crippen LogP) is 3.75. The van der Waals surface area contributed by atoms with Gasteiger partial charge in [0.2, 0.25) is 0 Å². The van der Waals surface area contributed by atoms with Crippen LogP contribution in [0.15, 0.2) is 16.6 Å². The molecule has 1 unspecified atom stereocenters. The van der Waals surface area contributed by atoms with E-state index in [0.717, 1.165) is 16.0 Å². The minimum atomic E-state index is 0.419. The van der Waals surface area contributed by atoms with Crippen LogP contribution in [0.1, 0.15) is 32.4 Å². The summed E-state index contributed by atoms with van der Waals surface area (Å²) in [5.41, 5.74) is 1.46. The van der Waals surface area contributed by atoms with Crippen molar-refractivity contribution in [3.63, 3.8) is 0 Å². The molecule has 1 aliphatic carbocycles. The molecule has 0 aromatic carbocycles. The molecule has 1 aromatic heterocycles. The molecule has 1 atom stereocenters. The first-order valence-electron chi connectivity index (χ1n) is 5.39. The SMILES string of the molecule is Cc1nc(NC2CCC2(C)C)ccc1Br. The van der Waals surface area contributed by atoms with E-state index in [1.807, 2.05) is 13.0 Å². The van der Waals surface area contributed by atoms with Gasteiger partial charge in [0, 0.05) is 10.5 Å². The number of aryl methyl sites for hydroxylation is 1. The average Bonchev–Trinajstić information content (AvgIpc) is 2.18. The third-order valence-corrected chi connectivity index (χ3v) is 4.20. The van der Waals surface area contributed by atoms with Crippen molar-refractivity contribution in [1.82, 2.24) is 4.98 Å². The second-order valence-corrected chi connectivity index (χ2v) is 5.84. The first-order valence-corrected chi connectivity index (χ1v) is 6.18. The zero-order valence-electron chi connectivity index (χ0n) is 9.47. The van der Waals surface area contributed by atoms with Gasteiger partial charge in [-0.25, -0.2) is 4.98 Å². The standard InChI is InChI=1S/C12H17BrN2/c1-8-9(13)4-5-11(14-8)15-10-6-7-12(10,2)3/h4-5,10H,6-7H2,1-3H3,(H,14,15). The van der Waals surface area contributed by atoms with Gasteiger partial charge in [0.25, 0.3) is 0 Å². The summed E-state index contributed by atoms with van der Waals surface area (Å²) in [7, 11) is 0. The number of hydrogen-bond acceptors (Lipinski definition) is 2. The van der Waals surface area contributed by atoms with E-state index >= 15 is 0 Å². The Bertz CT molecular complexity index is 374. The highest BCUT2D eigenvalue weighted by Crippen LogP contribution is 2.41. The zero-order chi connectivity index (χ0) is 11.1. The van der Waals surface area contributed by atoms with Crippen molar-refractivity contribution in [3.05, 3.63) is 22.3 Å². The Morgan fingerprint density at radius 2 is 2.20 bits per heavy atom. The number of halogens is 1. The molecule has 2 rings (SSSR count). The molecule has 1 N–H and O–H groups in total. The molecule has 0 aliphatic heterocycles. The van der Waals surface area contributed by atoms with E-state index in [9.17, 15) is 0 Å². The number of nitrogens with one attached hydrogen (secondary N) is 1. The molecular formula is C12H17BrN2. The molecule has 1 aromatic rings. The van der Waals surface area contributed by atoms with Crippen LogP contribution in [0.5, 0.6) is 0 Å². The van der Waals surface area contributed by atoms with Crippen LogP contribution in [0.3, 0.4) is 0 Å². The Kier molecular flexibility index (Phi) is 2.75. The smallest absolute Gasteiger partial charge is 0.126 e. The van der Waals surface area contributed by atoms with Gasteiger partial charge in [-0.2, -0.15) is 0 Å². The molecule has 0 spiro atoms. The lowest BCUT2D eigenvalue weighted by atomic mass is 9.67. The number of anilines is 1. The maximum absolute atomic E-state index is 4.50. The molecule has 1 fully saturated rings. The van der Waals surface area contributed by atoms with Crippen molar-refractivity contribution in [2.75, 3.05) is 5.32 Å². The van der Waals surface area contributed by atoms with Crippen molar-refractivity contribution in [2.24, 2.45) is 5.41 Å². The van der Waals surface area contributed by atoms with Crippen molar-refractivity contribution in [2.45, 2.75) is 39.7 Å². The number of pyridine rings is 1. The van der Waals surface area contributed by atoms with Gasteiger partial charge in [-0.15, -0.1) is 0 Å². The largest absolute Gasteiger partial charge is 0.367 e. The van der Waals surface area contributed by atoms with Gasteiger partial charge in [0.05, 0.1) is 5.69 Å². The second kappa shape index (κ2) is 3.78. The predicted molar refractivity (Wildman–Crippen MR) is 67.1 cm³/mol. The number of nitrogens with zero attached hydrogens (tertiary/aromatic N) is 1.